The zero-order valence-electron chi connectivity index (χ0n) is 12.3. The van der Waals surface area contributed by atoms with Crippen molar-refractivity contribution in [2.75, 3.05) is 12.3 Å². The molecule has 5 nitrogen and oxygen atoms in total. The minimum absolute atomic E-state index is 0.132. The molecule has 0 spiro atoms. The first kappa shape index (κ1) is 15.5. The molecule has 1 amide bonds. The van der Waals surface area contributed by atoms with Gasteiger partial charge in [-0.15, -0.1) is 0 Å². The lowest BCUT2D eigenvalue weighted by molar-refractivity contribution is 0.0954. The van der Waals surface area contributed by atoms with Gasteiger partial charge in [-0.2, -0.15) is 5.10 Å². The highest BCUT2D eigenvalue weighted by Gasteiger charge is 2.12. The average molecular weight is 266 g/mol. The van der Waals surface area contributed by atoms with Crippen LogP contribution in [0.25, 0.3) is 0 Å². The lowest BCUT2D eigenvalue weighted by Crippen LogP contribution is -2.25. The maximum Gasteiger partial charge on any atom is 0.256 e. The van der Waals surface area contributed by atoms with E-state index in [-0.39, 0.29) is 5.91 Å². The summed E-state index contributed by atoms with van der Waals surface area (Å²) in [6, 6.07) is 0. The topological polar surface area (TPSA) is 72.9 Å². The second kappa shape index (κ2) is 7.81. The first-order chi connectivity index (χ1) is 9.02. The van der Waals surface area contributed by atoms with E-state index in [9.17, 15) is 4.79 Å². The highest BCUT2D eigenvalue weighted by molar-refractivity contribution is 5.98. The number of nitrogens with zero attached hydrogens (tertiary/aromatic N) is 2. The summed E-state index contributed by atoms with van der Waals surface area (Å²) in [7, 11) is 1.72. The summed E-state index contributed by atoms with van der Waals surface area (Å²) in [6.45, 7) is 5.20. The molecule has 0 radical (unpaired) electrons. The number of carbonyl (C=O) groups excluding carboxylic acids is 1. The highest BCUT2D eigenvalue weighted by atomic mass is 16.1. The Kier molecular flexibility index (Phi) is 6.39. The molecule has 5 heteroatoms. The molecule has 0 fully saturated rings. The third-order valence-corrected chi connectivity index (χ3v) is 3.22. The fourth-order valence-corrected chi connectivity index (χ4v) is 1.95. The zero-order chi connectivity index (χ0) is 14.3. The molecule has 1 aromatic heterocycles. The summed E-state index contributed by atoms with van der Waals surface area (Å²) in [5.74, 6) is 1.07. The summed E-state index contributed by atoms with van der Waals surface area (Å²) in [5.41, 5.74) is 6.20. The number of unbranched alkanes of at least 4 members (excludes halogenated alkanes) is 3. The molecule has 0 aliphatic heterocycles. The first-order valence-corrected chi connectivity index (χ1v) is 7.08. The van der Waals surface area contributed by atoms with Gasteiger partial charge < -0.3 is 11.1 Å². The molecule has 3 N–H and O–H groups in total. The van der Waals surface area contributed by atoms with Crippen molar-refractivity contribution in [2.24, 2.45) is 13.0 Å². The molecule has 1 heterocycles. The summed E-state index contributed by atoms with van der Waals surface area (Å²) >= 11 is 0. The number of hydrogen-bond acceptors (Lipinski definition) is 3. The monoisotopic (exact) mass is 266 g/mol. The number of aryl methyl sites for hydroxylation is 1. The number of nitrogens with two attached hydrogens (primary N) is 1. The lowest BCUT2D eigenvalue weighted by atomic mass is 10.0. The van der Waals surface area contributed by atoms with E-state index >= 15 is 0 Å². The van der Waals surface area contributed by atoms with Crippen LogP contribution in [0.5, 0.6) is 0 Å². The van der Waals surface area contributed by atoms with Gasteiger partial charge in [0.05, 0.1) is 6.20 Å². The number of aromatic nitrogens is 2. The summed E-state index contributed by atoms with van der Waals surface area (Å²) < 4.78 is 1.50. The minimum atomic E-state index is -0.132. The van der Waals surface area contributed by atoms with Crippen LogP contribution < -0.4 is 11.1 Å². The van der Waals surface area contributed by atoms with Gasteiger partial charge in [0.2, 0.25) is 0 Å². The van der Waals surface area contributed by atoms with E-state index in [0.29, 0.717) is 17.9 Å². The maximum atomic E-state index is 11.8. The molecule has 0 saturated carbocycles. The largest absolute Gasteiger partial charge is 0.383 e. The lowest BCUT2D eigenvalue weighted by Gasteiger charge is -2.06. The van der Waals surface area contributed by atoms with Crippen molar-refractivity contribution in [1.82, 2.24) is 15.1 Å². The normalized spacial score (nSPS) is 10.9. The molecule has 19 heavy (non-hydrogen) atoms. The van der Waals surface area contributed by atoms with Gasteiger partial charge in [0.15, 0.2) is 0 Å². The predicted molar refractivity (Wildman–Crippen MR) is 77.9 cm³/mol. The Bertz CT molecular complexity index is 398. The van der Waals surface area contributed by atoms with E-state index in [1.807, 2.05) is 0 Å². The Hall–Kier alpha value is -1.52. The number of amides is 1. The summed E-state index contributed by atoms with van der Waals surface area (Å²) in [4.78, 5) is 11.8. The van der Waals surface area contributed by atoms with E-state index in [1.165, 1.54) is 30.1 Å². The van der Waals surface area contributed by atoms with Crippen LogP contribution in [0.3, 0.4) is 0 Å². The van der Waals surface area contributed by atoms with Crippen molar-refractivity contribution in [1.29, 1.82) is 0 Å². The van der Waals surface area contributed by atoms with Crippen LogP contribution in [0.15, 0.2) is 6.20 Å². The van der Waals surface area contributed by atoms with Gasteiger partial charge >= 0.3 is 0 Å². The van der Waals surface area contributed by atoms with E-state index in [2.05, 4.69) is 24.3 Å². The molecule has 0 bridgehead atoms. The molecular formula is C14H26N4O. The predicted octanol–water partition coefficient (Wildman–Crippen LogP) is 2.34. The summed E-state index contributed by atoms with van der Waals surface area (Å²) in [5, 5.41) is 6.83. The van der Waals surface area contributed by atoms with Gasteiger partial charge in [-0.25, -0.2) is 0 Å². The fourth-order valence-electron chi connectivity index (χ4n) is 1.95. The number of anilines is 1. The second-order valence-corrected chi connectivity index (χ2v) is 5.42. The Labute approximate surface area is 115 Å². The van der Waals surface area contributed by atoms with Crippen molar-refractivity contribution in [3.63, 3.8) is 0 Å². The number of hydrogen-bond donors (Lipinski definition) is 2. The smallest absolute Gasteiger partial charge is 0.256 e. The third-order valence-electron chi connectivity index (χ3n) is 3.22. The van der Waals surface area contributed by atoms with Crippen molar-refractivity contribution >= 4 is 11.7 Å². The number of rotatable bonds is 8. The van der Waals surface area contributed by atoms with E-state index in [0.717, 1.165) is 18.8 Å². The molecule has 0 aliphatic rings. The van der Waals surface area contributed by atoms with Crippen LogP contribution in [0.1, 0.15) is 56.3 Å². The SMILES string of the molecule is CC(C)CCCCCCNC(=O)c1cnn(C)c1N. The van der Waals surface area contributed by atoms with Crippen molar-refractivity contribution < 1.29 is 4.79 Å². The molecule has 0 unspecified atom stereocenters. The Morgan fingerprint density at radius 3 is 2.63 bits per heavy atom. The second-order valence-electron chi connectivity index (χ2n) is 5.42. The molecular weight excluding hydrogens is 240 g/mol. The first-order valence-electron chi connectivity index (χ1n) is 7.08. The van der Waals surface area contributed by atoms with Crippen molar-refractivity contribution in [3.8, 4) is 0 Å². The molecule has 1 rings (SSSR count). The van der Waals surface area contributed by atoms with Crippen LogP contribution in [0, 0.1) is 5.92 Å². The highest BCUT2D eigenvalue weighted by Crippen LogP contribution is 2.10. The van der Waals surface area contributed by atoms with E-state index in [4.69, 9.17) is 5.73 Å². The Morgan fingerprint density at radius 2 is 2.05 bits per heavy atom. The van der Waals surface area contributed by atoms with Crippen LogP contribution >= 0.6 is 0 Å². The van der Waals surface area contributed by atoms with Gasteiger partial charge in [0.25, 0.3) is 5.91 Å². The Balaban J connectivity index is 2.13. The van der Waals surface area contributed by atoms with Gasteiger partial charge in [0, 0.05) is 13.6 Å². The van der Waals surface area contributed by atoms with Gasteiger partial charge in [-0.1, -0.05) is 39.5 Å². The Morgan fingerprint density at radius 1 is 1.37 bits per heavy atom. The number of nitrogens with one attached hydrogen (secondary N) is 1. The third kappa shape index (κ3) is 5.32. The molecule has 0 aromatic carbocycles. The van der Waals surface area contributed by atoms with Crippen LogP contribution in [0.4, 0.5) is 5.82 Å². The minimum Gasteiger partial charge on any atom is -0.383 e. The van der Waals surface area contributed by atoms with Crippen molar-refractivity contribution in [3.05, 3.63) is 11.8 Å². The van der Waals surface area contributed by atoms with E-state index < -0.39 is 0 Å². The van der Waals surface area contributed by atoms with E-state index in [1.54, 1.807) is 7.05 Å². The average Bonchev–Trinajstić information content (AvgIpc) is 2.68. The number of carbonyl (C=O) groups is 1. The van der Waals surface area contributed by atoms with Crippen LogP contribution in [-0.4, -0.2) is 22.2 Å². The fraction of sp³-hybridized carbons (Fsp3) is 0.714. The number of nitrogen functional groups attached to an aromatic ring is 1. The molecule has 0 atom stereocenters. The zero-order valence-corrected chi connectivity index (χ0v) is 12.3. The van der Waals surface area contributed by atoms with Gasteiger partial charge in [-0.05, 0) is 12.3 Å². The molecule has 1 aromatic rings. The van der Waals surface area contributed by atoms with Gasteiger partial charge in [-0.3, -0.25) is 9.48 Å². The molecule has 0 saturated heterocycles. The van der Waals surface area contributed by atoms with Crippen LogP contribution in [-0.2, 0) is 7.05 Å². The quantitative estimate of drug-likeness (QED) is 0.709. The standard InChI is InChI=1S/C14H26N4O/c1-11(2)8-6-4-5-7-9-16-14(19)12-10-17-18(3)13(12)15/h10-11H,4-9,15H2,1-3H3,(H,16,19). The molecule has 0 aliphatic carbocycles. The molecule has 108 valence electrons. The summed E-state index contributed by atoms with van der Waals surface area (Å²) in [6.07, 6.45) is 7.50. The van der Waals surface area contributed by atoms with Crippen LogP contribution in [0.2, 0.25) is 0 Å². The van der Waals surface area contributed by atoms with Crippen molar-refractivity contribution in [2.45, 2.75) is 46.0 Å². The maximum absolute atomic E-state index is 11.8. The van der Waals surface area contributed by atoms with Gasteiger partial charge in [0.1, 0.15) is 11.4 Å².